The van der Waals surface area contributed by atoms with Gasteiger partial charge in [0.25, 0.3) is 6.43 Å². The number of esters is 1. The first-order valence-corrected chi connectivity index (χ1v) is 5.67. The highest BCUT2D eigenvalue weighted by molar-refractivity contribution is 9.08. The SMILES string of the molecule is COC(=O)c1ccc(C(F)F)c(C#N)c1CBr. The Labute approximate surface area is 105 Å². The molecule has 0 saturated heterocycles. The summed E-state index contributed by atoms with van der Waals surface area (Å²) in [6.45, 7) is 0. The lowest BCUT2D eigenvalue weighted by Gasteiger charge is -2.11. The van der Waals surface area contributed by atoms with Crippen LogP contribution < -0.4 is 0 Å². The number of benzene rings is 1. The van der Waals surface area contributed by atoms with Crippen molar-refractivity contribution in [2.45, 2.75) is 11.8 Å². The Balaban J connectivity index is 3.50. The van der Waals surface area contributed by atoms with E-state index in [-0.39, 0.29) is 27.6 Å². The number of alkyl halides is 3. The fourth-order valence-electron chi connectivity index (χ4n) is 1.42. The number of hydrogen-bond acceptors (Lipinski definition) is 3. The molecule has 1 rings (SSSR count). The average molecular weight is 304 g/mol. The summed E-state index contributed by atoms with van der Waals surface area (Å²) in [5.41, 5.74) is -0.225. The van der Waals surface area contributed by atoms with Gasteiger partial charge in [0.1, 0.15) is 0 Å². The highest BCUT2D eigenvalue weighted by Gasteiger charge is 2.21. The van der Waals surface area contributed by atoms with Crippen molar-refractivity contribution in [3.8, 4) is 6.07 Å². The minimum Gasteiger partial charge on any atom is -0.465 e. The molecule has 1 aromatic carbocycles. The number of carbonyl (C=O) groups is 1. The van der Waals surface area contributed by atoms with Gasteiger partial charge in [0.2, 0.25) is 0 Å². The molecule has 0 spiro atoms. The van der Waals surface area contributed by atoms with Gasteiger partial charge in [0.15, 0.2) is 0 Å². The molecule has 0 N–H and O–H groups in total. The predicted molar refractivity (Wildman–Crippen MR) is 60.1 cm³/mol. The number of hydrogen-bond donors (Lipinski definition) is 0. The fourth-order valence-corrected chi connectivity index (χ4v) is 2.00. The van der Waals surface area contributed by atoms with Gasteiger partial charge in [-0.25, -0.2) is 13.6 Å². The van der Waals surface area contributed by atoms with Crippen molar-refractivity contribution < 1.29 is 18.3 Å². The summed E-state index contributed by atoms with van der Waals surface area (Å²) in [7, 11) is 1.19. The maximum Gasteiger partial charge on any atom is 0.338 e. The first kappa shape index (κ1) is 13.6. The second-order valence-corrected chi connectivity index (χ2v) is 3.65. The monoisotopic (exact) mass is 303 g/mol. The molecule has 0 radical (unpaired) electrons. The van der Waals surface area contributed by atoms with Crippen LogP contribution in [-0.4, -0.2) is 13.1 Å². The Hall–Kier alpha value is -1.48. The molecule has 0 aromatic heterocycles. The highest BCUT2D eigenvalue weighted by atomic mass is 79.9. The molecule has 1 aromatic rings. The van der Waals surface area contributed by atoms with E-state index < -0.39 is 12.4 Å². The van der Waals surface area contributed by atoms with Crippen molar-refractivity contribution in [3.63, 3.8) is 0 Å². The largest absolute Gasteiger partial charge is 0.465 e. The summed E-state index contributed by atoms with van der Waals surface area (Å²) in [5, 5.41) is 9.03. The minimum absolute atomic E-state index is 0.116. The molecule has 0 heterocycles. The zero-order valence-electron chi connectivity index (χ0n) is 8.84. The van der Waals surface area contributed by atoms with Gasteiger partial charge in [0.05, 0.1) is 24.3 Å². The number of ether oxygens (including phenoxy) is 1. The van der Waals surface area contributed by atoms with Crippen LogP contribution in [0.2, 0.25) is 0 Å². The van der Waals surface area contributed by atoms with Crippen LogP contribution in [0.15, 0.2) is 12.1 Å². The Morgan fingerprint density at radius 3 is 2.65 bits per heavy atom. The maximum atomic E-state index is 12.7. The maximum absolute atomic E-state index is 12.7. The smallest absolute Gasteiger partial charge is 0.338 e. The Kier molecular flexibility index (Phi) is 4.58. The first-order chi connectivity index (χ1) is 8.06. The van der Waals surface area contributed by atoms with E-state index in [1.54, 1.807) is 6.07 Å². The standard InChI is InChI=1S/C11H8BrF2NO2/c1-17-11(16)7-3-2-6(10(13)14)9(5-15)8(7)4-12/h2-3,10H,4H2,1H3. The van der Waals surface area contributed by atoms with Crippen LogP contribution in [0.1, 0.15) is 33.5 Å². The predicted octanol–water partition coefficient (Wildman–Crippen LogP) is 3.18. The number of methoxy groups -OCH3 is 1. The number of nitriles is 1. The fraction of sp³-hybridized carbons (Fsp3) is 0.273. The molecule has 0 fully saturated rings. The molecule has 0 aliphatic carbocycles. The third kappa shape index (κ3) is 2.61. The molecular formula is C11H8BrF2NO2. The van der Waals surface area contributed by atoms with E-state index >= 15 is 0 Å². The zero-order chi connectivity index (χ0) is 13.0. The van der Waals surface area contributed by atoms with Crippen LogP contribution in [0.25, 0.3) is 0 Å². The molecule has 0 bridgehead atoms. The molecule has 0 atom stereocenters. The molecule has 0 aliphatic heterocycles. The van der Waals surface area contributed by atoms with Crippen LogP contribution >= 0.6 is 15.9 Å². The minimum atomic E-state index is -2.76. The lowest BCUT2D eigenvalue weighted by Crippen LogP contribution is -2.08. The van der Waals surface area contributed by atoms with E-state index in [0.717, 1.165) is 6.07 Å². The van der Waals surface area contributed by atoms with Gasteiger partial charge in [-0.2, -0.15) is 5.26 Å². The summed E-state index contributed by atoms with van der Waals surface area (Å²) in [6, 6.07) is 4.01. The van der Waals surface area contributed by atoms with E-state index in [1.807, 2.05) is 0 Å². The van der Waals surface area contributed by atoms with Crippen LogP contribution in [-0.2, 0) is 10.1 Å². The second-order valence-electron chi connectivity index (χ2n) is 3.09. The summed E-state index contributed by atoms with van der Waals surface area (Å²) < 4.78 is 29.8. The molecule has 0 saturated carbocycles. The van der Waals surface area contributed by atoms with E-state index in [9.17, 15) is 13.6 Å². The Morgan fingerprint density at radius 2 is 2.24 bits per heavy atom. The first-order valence-electron chi connectivity index (χ1n) is 4.55. The third-order valence-electron chi connectivity index (χ3n) is 2.23. The Bertz CT molecular complexity index is 483. The summed E-state index contributed by atoms with van der Waals surface area (Å²) >= 11 is 3.08. The van der Waals surface area contributed by atoms with Crippen molar-refractivity contribution in [1.82, 2.24) is 0 Å². The van der Waals surface area contributed by atoms with E-state index in [1.165, 1.54) is 13.2 Å². The topological polar surface area (TPSA) is 50.1 Å². The summed E-state index contributed by atoms with van der Waals surface area (Å²) in [6.07, 6.45) is -2.76. The lowest BCUT2D eigenvalue weighted by molar-refractivity contribution is 0.0599. The van der Waals surface area contributed by atoms with Crippen LogP contribution in [0, 0.1) is 11.3 Å². The zero-order valence-corrected chi connectivity index (χ0v) is 10.4. The molecule has 0 aliphatic rings. The molecule has 3 nitrogen and oxygen atoms in total. The lowest BCUT2D eigenvalue weighted by atomic mass is 9.98. The molecule has 0 amide bonds. The average Bonchev–Trinajstić information content (AvgIpc) is 2.35. The van der Waals surface area contributed by atoms with Crippen molar-refractivity contribution >= 4 is 21.9 Å². The van der Waals surface area contributed by atoms with Gasteiger partial charge in [0, 0.05) is 10.9 Å². The van der Waals surface area contributed by atoms with Gasteiger partial charge in [-0.1, -0.05) is 22.0 Å². The van der Waals surface area contributed by atoms with Gasteiger partial charge in [-0.3, -0.25) is 0 Å². The van der Waals surface area contributed by atoms with E-state index in [2.05, 4.69) is 20.7 Å². The van der Waals surface area contributed by atoms with Crippen LogP contribution in [0.4, 0.5) is 8.78 Å². The van der Waals surface area contributed by atoms with Crippen molar-refractivity contribution in [3.05, 3.63) is 34.4 Å². The summed E-state index contributed by atoms with van der Waals surface area (Å²) in [4.78, 5) is 11.4. The van der Waals surface area contributed by atoms with Crippen LogP contribution in [0.3, 0.4) is 0 Å². The van der Waals surface area contributed by atoms with Crippen LogP contribution in [0.5, 0.6) is 0 Å². The number of nitrogens with zero attached hydrogens (tertiary/aromatic N) is 1. The van der Waals surface area contributed by atoms with E-state index in [4.69, 9.17) is 5.26 Å². The van der Waals surface area contributed by atoms with Crippen molar-refractivity contribution in [2.75, 3.05) is 7.11 Å². The van der Waals surface area contributed by atoms with Gasteiger partial charge >= 0.3 is 5.97 Å². The van der Waals surface area contributed by atoms with Gasteiger partial charge in [-0.15, -0.1) is 0 Å². The molecule has 0 unspecified atom stereocenters. The number of halogens is 3. The molecule has 6 heteroatoms. The number of rotatable bonds is 3. The van der Waals surface area contributed by atoms with Gasteiger partial charge < -0.3 is 4.74 Å². The normalized spacial score (nSPS) is 10.1. The highest BCUT2D eigenvalue weighted by Crippen LogP contribution is 2.28. The van der Waals surface area contributed by atoms with E-state index in [0.29, 0.717) is 0 Å². The summed E-state index contributed by atoms with van der Waals surface area (Å²) in [5.74, 6) is -0.656. The van der Waals surface area contributed by atoms with Crippen molar-refractivity contribution in [1.29, 1.82) is 5.26 Å². The van der Waals surface area contributed by atoms with Gasteiger partial charge in [-0.05, 0) is 11.6 Å². The molecule has 17 heavy (non-hydrogen) atoms. The number of carbonyl (C=O) groups excluding carboxylic acids is 1. The quantitative estimate of drug-likeness (QED) is 0.636. The molecular weight excluding hydrogens is 296 g/mol. The van der Waals surface area contributed by atoms with Crippen molar-refractivity contribution in [2.24, 2.45) is 0 Å². The Morgan fingerprint density at radius 1 is 1.59 bits per heavy atom. The second kappa shape index (κ2) is 5.73. The molecule has 90 valence electrons. The third-order valence-corrected chi connectivity index (χ3v) is 2.79.